The molecule has 3 aromatic rings. The van der Waals surface area contributed by atoms with Gasteiger partial charge in [-0.3, -0.25) is 4.79 Å². The molecule has 1 saturated heterocycles. The standard InChI is InChI=1S/C23H24FN3O3/c1-2-29-20-6-4-3-5-19(20)23(28)27-13-11-16(12-14-27)15-21-25-22(26-30-21)17-7-9-18(24)10-8-17/h3-10,16H,2,11-15H2,1H3. The lowest BCUT2D eigenvalue weighted by molar-refractivity contribution is 0.0683. The lowest BCUT2D eigenvalue weighted by atomic mass is 9.93. The van der Waals surface area contributed by atoms with Crippen molar-refractivity contribution in [2.24, 2.45) is 5.92 Å². The molecule has 0 N–H and O–H groups in total. The summed E-state index contributed by atoms with van der Waals surface area (Å²) in [5.41, 5.74) is 1.33. The fourth-order valence-electron chi connectivity index (χ4n) is 3.74. The average molecular weight is 409 g/mol. The Labute approximate surface area is 174 Å². The van der Waals surface area contributed by atoms with Crippen molar-refractivity contribution in [2.45, 2.75) is 26.2 Å². The van der Waals surface area contributed by atoms with E-state index in [4.69, 9.17) is 9.26 Å². The lowest BCUT2D eigenvalue weighted by Crippen LogP contribution is -2.39. The number of ether oxygens (including phenoxy) is 1. The normalized spacial score (nSPS) is 14.7. The summed E-state index contributed by atoms with van der Waals surface area (Å²) in [4.78, 5) is 19.2. The number of likely N-dealkylation sites (tertiary alicyclic amines) is 1. The van der Waals surface area contributed by atoms with Crippen LogP contribution in [0.4, 0.5) is 4.39 Å². The van der Waals surface area contributed by atoms with Crippen LogP contribution in [-0.4, -0.2) is 40.6 Å². The number of carbonyl (C=O) groups is 1. The number of para-hydroxylation sites is 1. The van der Waals surface area contributed by atoms with E-state index in [-0.39, 0.29) is 11.7 Å². The van der Waals surface area contributed by atoms with Crippen molar-refractivity contribution in [3.8, 4) is 17.1 Å². The maximum absolute atomic E-state index is 13.1. The molecule has 6 nitrogen and oxygen atoms in total. The van der Waals surface area contributed by atoms with Gasteiger partial charge in [0, 0.05) is 25.1 Å². The first-order valence-corrected chi connectivity index (χ1v) is 10.2. The molecule has 0 spiro atoms. The quantitative estimate of drug-likeness (QED) is 0.605. The highest BCUT2D eigenvalue weighted by Crippen LogP contribution is 2.26. The van der Waals surface area contributed by atoms with Crippen molar-refractivity contribution in [2.75, 3.05) is 19.7 Å². The molecule has 1 aromatic heterocycles. The Morgan fingerprint density at radius 2 is 1.90 bits per heavy atom. The Morgan fingerprint density at radius 3 is 2.63 bits per heavy atom. The van der Waals surface area contributed by atoms with Gasteiger partial charge in [0.25, 0.3) is 5.91 Å². The molecule has 0 aliphatic carbocycles. The average Bonchev–Trinajstić information content (AvgIpc) is 3.23. The lowest BCUT2D eigenvalue weighted by Gasteiger charge is -2.31. The molecule has 1 fully saturated rings. The van der Waals surface area contributed by atoms with E-state index in [0.29, 0.717) is 55.1 Å². The van der Waals surface area contributed by atoms with Crippen molar-refractivity contribution < 1.29 is 18.4 Å². The van der Waals surface area contributed by atoms with Crippen LogP contribution in [0, 0.1) is 11.7 Å². The molecule has 0 atom stereocenters. The minimum atomic E-state index is -0.298. The van der Waals surface area contributed by atoms with Crippen molar-refractivity contribution >= 4 is 5.91 Å². The zero-order valence-electron chi connectivity index (χ0n) is 16.9. The second-order valence-corrected chi connectivity index (χ2v) is 7.39. The van der Waals surface area contributed by atoms with E-state index in [2.05, 4.69) is 10.1 Å². The Morgan fingerprint density at radius 1 is 1.17 bits per heavy atom. The maximum atomic E-state index is 13.1. The maximum Gasteiger partial charge on any atom is 0.257 e. The third-order valence-electron chi connectivity index (χ3n) is 5.35. The van der Waals surface area contributed by atoms with Crippen LogP contribution in [0.1, 0.15) is 36.0 Å². The summed E-state index contributed by atoms with van der Waals surface area (Å²) in [6, 6.07) is 13.4. The molecule has 30 heavy (non-hydrogen) atoms. The first-order valence-electron chi connectivity index (χ1n) is 10.2. The minimum Gasteiger partial charge on any atom is -0.493 e. The first-order chi connectivity index (χ1) is 14.6. The van der Waals surface area contributed by atoms with Gasteiger partial charge >= 0.3 is 0 Å². The largest absolute Gasteiger partial charge is 0.493 e. The molecule has 7 heteroatoms. The predicted octanol–water partition coefficient (Wildman–Crippen LogP) is 4.37. The molecule has 0 saturated carbocycles. The van der Waals surface area contributed by atoms with Gasteiger partial charge in [-0.1, -0.05) is 17.3 Å². The van der Waals surface area contributed by atoms with Crippen LogP contribution < -0.4 is 4.74 Å². The van der Waals surface area contributed by atoms with Gasteiger partial charge < -0.3 is 14.2 Å². The van der Waals surface area contributed by atoms with Crippen LogP contribution in [0.2, 0.25) is 0 Å². The number of nitrogens with zero attached hydrogens (tertiary/aromatic N) is 3. The summed E-state index contributed by atoms with van der Waals surface area (Å²) in [6.45, 7) is 3.80. The number of rotatable bonds is 6. The summed E-state index contributed by atoms with van der Waals surface area (Å²) >= 11 is 0. The van der Waals surface area contributed by atoms with Gasteiger partial charge in [0.05, 0.1) is 12.2 Å². The molecule has 1 aliphatic rings. The van der Waals surface area contributed by atoms with E-state index < -0.39 is 0 Å². The zero-order chi connectivity index (χ0) is 20.9. The van der Waals surface area contributed by atoms with Crippen molar-refractivity contribution in [3.63, 3.8) is 0 Å². The van der Waals surface area contributed by atoms with E-state index >= 15 is 0 Å². The van der Waals surface area contributed by atoms with Crippen LogP contribution in [0.15, 0.2) is 53.1 Å². The van der Waals surface area contributed by atoms with Crippen LogP contribution in [0.5, 0.6) is 5.75 Å². The Bertz CT molecular complexity index is 995. The molecular weight excluding hydrogens is 385 g/mol. The molecule has 0 radical (unpaired) electrons. The second kappa shape index (κ2) is 9.07. The van der Waals surface area contributed by atoms with Crippen LogP contribution >= 0.6 is 0 Å². The summed E-state index contributed by atoms with van der Waals surface area (Å²) in [5, 5.41) is 4.00. The second-order valence-electron chi connectivity index (χ2n) is 7.39. The van der Waals surface area contributed by atoms with Crippen molar-refractivity contribution in [1.29, 1.82) is 0 Å². The van der Waals surface area contributed by atoms with Crippen LogP contribution in [-0.2, 0) is 6.42 Å². The molecule has 1 amide bonds. The third kappa shape index (κ3) is 4.50. The van der Waals surface area contributed by atoms with Crippen molar-refractivity contribution in [1.82, 2.24) is 15.0 Å². The van der Waals surface area contributed by atoms with Gasteiger partial charge in [-0.15, -0.1) is 0 Å². The molecule has 2 aromatic carbocycles. The number of hydrogen-bond acceptors (Lipinski definition) is 5. The zero-order valence-corrected chi connectivity index (χ0v) is 16.9. The highest BCUT2D eigenvalue weighted by molar-refractivity contribution is 5.97. The summed E-state index contributed by atoms with van der Waals surface area (Å²) in [5.74, 6) is 1.75. The number of benzene rings is 2. The molecule has 156 valence electrons. The molecular formula is C23H24FN3O3. The number of carbonyl (C=O) groups excluding carboxylic acids is 1. The fraction of sp³-hybridized carbons (Fsp3) is 0.348. The number of hydrogen-bond donors (Lipinski definition) is 0. The smallest absolute Gasteiger partial charge is 0.257 e. The first kappa shape index (κ1) is 20.1. The van der Waals surface area contributed by atoms with Gasteiger partial charge in [0.1, 0.15) is 11.6 Å². The van der Waals surface area contributed by atoms with E-state index in [1.54, 1.807) is 12.1 Å². The number of piperidine rings is 1. The highest BCUT2D eigenvalue weighted by Gasteiger charge is 2.26. The van der Waals surface area contributed by atoms with E-state index in [0.717, 1.165) is 18.4 Å². The van der Waals surface area contributed by atoms with Crippen molar-refractivity contribution in [3.05, 3.63) is 65.8 Å². The third-order valence-corrected chi connectivity index (χ3v) is 5.35. The van der Waals surface area contributed by atoms with Gasteiger partial charge in [-0.25, -0.2) is 4.39 Å². The Hall–Kier alpha value is -3.22. The summed E-state index contributed by atoms with van der Waals surface area (Å²) in [7, 11) is 0. The van der Waals surface area contributed by atoms with Crippen LogP contribution in [0.25, 0.3) is 11.4 Å². The molecule has 4 rings (SSSR count). The topological polar surface area (TPSA) is 68.5 Å². The fourth-order valence-corrected chi connectivity index (χ4v) is 3.74. The number of amides is 1. The highest BCUT2D eigenvalue weighted by atomic mass is 19.1. The monoisotopic (exact) mass is 409 g/mol. The summed E-state index contributed by atoms with van der Waals surface area (Å²) in [6.07, 6.45) is 2.42. The van der Waals surface area contributed by atoms with E-state index in [1.807, 2.05) is 36.1 Å². The SMILES string of the molecule is CCOc1ccccc1C(=O)N1CCC(Cc2nc(-c3ccc(F)cc3)no2)CC1. The van der Waals surface area contributed by atoms with Gasteiger partial charge in [-0.2, -0.15) is 4.98 Å². The predicted molar refractivity (Wildman–Crippen MR) is 110 cm³/mol. The van der Waals surface area contributed by atoms with Gasteiger partial charge in [0.15, 0.2) is 0 Å². The summed E-state index contributed by atoms with van der Waals surface area (Å²) < 4.78 is 24.1. The van der Waals surface area contributed by atoms with Gasteiger partial charge in [0.2, 0.25) is 11.7 Å². The molecule has 1 aliphatic heterocycles. The Kier molecular flexibility index (Phi) is 6.07. The van der Waals surface area contributed by atoms with E-state index in [9.17, 15) is 9.18 Å². The minimum absolute atomic E-state index is 0.00823. The number of halogens is 1. The van der Waals surface area contributed by atoms with Gasteiger partial charge in [-0.05, 0) is 62.1 Å². The van der Waals surface area contributed by atoms with E-state index in [1.165, 1.54) is 12.1 Å². The molecule has 0 unspecified atom stereocenters. The Balaban J connectivity index is 1.34. The molecule has 0 bridgehead atoms. The molecule has 2 heterocycles. The van der Waals surface area contributed by atoms with Crippen LogP contribution in [0.3, 0.4) is 0 Å². The number of aromatic nitrogens is 2.